The van der Waals surface area contributed by atoms with Gasteiger partial charge in [0.05, 0.1) is 0 Å². The molecule has 3 saturated carbocycles. The van der Waals surface area contributed by atoms with Crippen molar-refractivity contribution in [2.24, 2.45) is 40.4 Å². The zero-order valence-electron chi connectivity index (χ0n) is 15.8. The zero-order valence-corrected chi connectivity index (χ0v) is 15.8. The standard InChI is InChI=1S/C23H34O/c1-5-16-10-12-22(3)17(14-16)6-7-18-20-9-8-19(15(2)24)23(20,4)13-11-21(18)22/h5,14,17-21H,1,6-13H2,2-4H3/t17?,18-,19+,20-,21-,22-,23+/m0/s1. The van der Waals surface area contributed by atoms with Gasteiger partial charge in [0.15, 0.2) is 0 Å². The Balaban J connectivity index is 1.63. The maximum atomic E-state index is 12.2. The van der Waals surface area contributed by atoms with Crippen LogP contribution in [-0.4, -0.2) is 5.78 Å². The molecule has 0 heterocycles. The summed E-state index contributed by atoms with van der Waals surface area (Å²) in [6.07, 6.45) is 15.0. The first kappa shape index (κ1) is 16.6. The van der Waals surface area contributed by atoms with E-state index < -0.39 is 0 Å². The monoisotopic (exact) mass is 326 g/mol. The fourth-order valence-electron chi connectivity index (χ4n) is 7.72. The number of allylic oxidation sites excluding steroid dienone is 3. The highest BCUT2D eigenvalue weighted by Crippen LogP contribution is 2.67. The van der Waals surface area contributed by atoms with Crippen LogP contribution in [0.5, 0.6) is 0 Å². The Kier molecular flexibility index (Phi) is 3.86. The highest BCUT2D eigenvalue weighted by atomic mass is 16.1. The molecule has 0 radical (unpaired) electrons. The molecule has 0 aromatic rings. The van der Waals surface area contributed by atoms with Crippen LogP contribution in [0.4, 0.5) is 0 Å². The Morgan fingerprint density at radius 3 is 2.54 bits per heavy atom. The van der Waals surface area contributed by atoms with Crippen LogP contribution in [0, 0.1) is 40.4 Å². The molecule has 0 aromatic carbocycles. The van der Waals surface area contributed by atoms with E-state index in [2.05, 4.69) is 32.6 Å². The SMILES string of the molecule is C=CC1=CC2CC[C@H]3[C@@H]4CC[C@H](C(C)=O)[C@@]4(C)CC[C@@H]3[C@@]2(C)CC1. The number of fused-ring (bicyclic) bond motifs is 5. The predicted molar refractivity (Wildman–Crippen MR) is 99.6 cm³/mol. The van der Waals surface area contributed by atoms with Gasteiger partial charge in [0.2, 0.25) is 0 Å². The summed E-state index contributed by atoms with van der Waals surface area (Å²) in [6.45, 7) is 10.9. The second-order valence-electron chi connectivity index (χ2n) is 9.80. The van der Waals surface area contributed by atoms with Crippen molar-refractivity contribution < 1.29 is 4.79 Å². The minimum absolute atomic E-state index is 0.299. The quantitative estimate of drug-likeness (QED) is 0.612. The second kappa shape index (κ2) is 5.58. The average Bonchev–Trinajstić information content (AvgIpc) is 2.91. The van der Waals surface area contributed by atoms with E-state index in [1.165, 1.54) is 50.5 Å². The summed E-state index contributed by atoms with van der Waals surface area (Å²) in [7, 11) is 0. The van der Waals surface area contributed by atoms with Crippen molar-refractivity contribution in [3.8, 4) is 0 Å². The molecule has 7 atom stereocenters. The maximum Gasteiger partial charge on any atom is 0.133 e. The van der Waals surface area contributed by atoms with Gasteiger partial charge in [-0.15, -0.1) is 0 Å². The largest absolute Gasteiger partial charge is 0.300 e. The van der Waals surface area contributed by atoms with E-state index >= 15 is 0 Å². The summed E-state index contributed by atoms with van der Waals surface area (Å²) in [5, 5.41) is 0. The van der Waals surface area contributed by atoms with Gasteiger partial charge in [0.25, 0.3) is 0 Å². The number of hydrogen-bond acceptors (Lipinski definition) is 1. The molecule has 0 spiro atoms. The van der Waals surface area contributed by atoms with Crippen molar-refractivity contribution in [3.05, 3.63) is 24.3 Å². The van der Waals surface area contributed by atoms with Crippen LogP contribution in [0.1, 0.15) is 72.1 Å². The number of Topliss-reactive ketones (excluding diaryl/α,β-unsaturated/α-hetero) is 1. The first-order valence-electron chi connectivity index (χ1n) is 10.2. The molecule has 0 aliphatic heterocycles. The summed E-state index contributed by atoms with van der Waals surface area (Å²) < 4.78 is 0. The molecule has 0 bridgehead atoms. The molecule has 4 rings (SSSR count). The Morgan fingerprint density at radius 1 is 1.08 bits per heavy atom. The average molecular weight is 327 g/mol. The van der Waals surface area contributed by atoms with Gasteiger partial charge in [-0.2, -0.15) is 0 Å². The van der Waals surface area contributed by atoms with E-state index in [4.69, 9.17) is 0 Å². The Bertz CT molecular complexity index is 587. The van der Waals surface area contributed by atoms with Crippen LogP contribution in [-0.2, 0) is 4.79 Å². The van der Waals surface area contributed by atoms with Crippen molar-refractivity contribution in [2.45, 2.75) is 72.1 Å². The van der Waals surface area contributed by atoms with Gasteiger partial charge in [-0.25, -0.2) is 0 Å². The number of hydrogen-bond donors (Lipinski definition) is 0. The van der Waals surface area contributed by atoms with E-state index in [0.29, 0.717) is 22.5 Å². The van der Waals surface area contributed by atoms with Crippen LogP contribution in [0.2, 0.25) is 0 Å². The lowest BCUT2D eigenvalue weighted by molar-refractivity contribution is -0.130. The van der Waals surface area contributed by atoms with Gasteiger partial charge < -0.3 is 0 Å². The van der Waals surface area contributed by atoms with Gasteiger partial charge in [0.1, 0.15) is 5.78 Å². The Labute approximate surface area is 148 Å². The lowest BCUT2D eigenvalue weighted by Crippen LogP contribution is -2.52. The highest BCUT2D eigenvalue weighted by Gasteiger charge is 2.60. The molecule has 24 heavy (non-hydrogen) atoms. The first-order chi connectivity index (χ1) is 11.4. The third kappa shape index (κ3) is 2.15. The normalized spacial score (nSPS) is 50.3. The lowest BCUT2D eigenvalue weighted by Gasteiger charge is -2.59. The Hall–Kier alpha value is -0.850. The molecular formula is C23H34O. The Morgan fingerprint density at radius 2 is 1.83 bits per heavy atom. The molecular weight excluding hydrogens is 292 g/mol. The lowest BCUT2D eigenvalue weighted by atomic mass is 9.45. The molecule has 3 fully saturated rings. The summed E-state index contributed by atoms with van der Waals surface area (Å²) >= 11 is 0. The summed E-state index contributed by atoms with van der Waals surface area (Å²) in [5.41, 5.74) is 2.27. The van der Waals surface area contributed by atoms with Gasteiger partial charge in [0, 0.05) is 5.92 Å². The zero-order chi connectivity index (χ0) is 17.1. The third-order valence-corrected chi connectivity index (χ3v) is 9.06. The van der Waals surface area contributed by atoms with E-state index in [0.717, 1.165) is 30.1 Å². The molecule has 0 amide bonds. The predicted octanol–water partition coefficient (Wildman–Crippen LogP) is 5.96. The molecule has 132 valence electrons. The molecule has 1 heteroatoms. The second-order valence-corrected chi connectivity index (χ2v) is 9.80. The maximum absolute atomic E-state index is 12.2. The summed E-state index contributed by atoms with van der Waals surface area (Å²) in [4.78, 5) is 12.2. The first-order valence-corrected chi connectivity index (χ1v) is 10.2. The van der Waals surface area contributed by atoms with Gasteiger partial charge in [-0.1, -0.05) is 38.2 Å². The fourth-order valence-corrected chi connectivity index (χ4v) is 7.72. The fraction of sp³-hybridized carbons (Fsp3) is 0.783. The molecule has 0 saturated heterocycles. The van der Waals surface area contributed by atoms with E-state index in [-0.39, 0.29) is 0 Å². The van der Waals surface area contributed by atoms with Gasteiger partial charge in [-0.05, 0) is 92.8 Å². The van der Waals surface area contributed by atoms with Crippen LogP contribution >= 0.6 is 0 Å². The van der Waals surface area contributed by atoms with Crippen molar-refractivity contribution in [3.63, 3.8) is 0 Å². The number of carbonyl (C=O) groups is 1. The third-order valence-electron chi connectivity index (χ3n) is 9.06. The molecule has 0 N–H and O–H groups in total. The van der Waals surface area contributed by atoms with Crippen LogP contribution in [0.3, 0.4) is 0 Å². The van der Waals surface area contributed by atoms with Gasteiger partial charge >= 0.3 is 0 Å². The van der Waals surface area contributed by atoms with Crippen LogP contribution in [0.15, 0.2) is 24.3 Å². The molecule has 1 unspecified atom stereocenters. The van der Waals surface area contributed by atoms with Crippen molar-refractivity contribution in [1.82, 2.24) is 0 Å². The number of rotatable bonds is 2. The minimum atomic E-state index is 0.299. The summed E-state index contributed by atoms with van der Waals surface area (Å²) in [5.74, 6) is 4.10. The topological polar surface area (TPSA) is 17.1 Å². The van der Waals surface area contributed by atoms with Crippen LogP contribution < -0.4 is 0 Å². The van der Waals surface area contributed by atoms with Crippen LogP contribution in [0.25, 0.3) is 0 Å². The summed E-state index contributed by atoms with van der Waals surface area (Å²) in [6, 6.07) is 0. The number of ketones is 1. The number of carbonyl (C=O) groups excluding carboxylic acids is 1. The molecule has 4 aliphatic rings. The van der Waals surface area contributed by atoms with Gasteiger partial charge in [-0.3, -0.25) is 4.79 Å². The van der Waals surface area contributed by atoms with E-state index in [9.17, 15) is 4.79 Å². The molecule has 1 nitrogen and oxygen atoms in total. The molecule has 0 aromatic heterocycles. The van der Waals surface area contributed by atoms with Crippen molar-refractivity contribution in [2.75, 3.05) is 0 Å². The smallest absolute Gasteiger partial charge is 0.133 e. The highest BCUT2D eigenvalue weighted by molar-refractivity contribution is 5.79. The minimum Gasteiger partial charge on any atom is -0.300 e. The van der Waals surface area contributed by atoms with E-state index in [1.807, 2.05) is 6.92 Å². The van der Waals surface area contributed by atoms with Crippen molar-refractivity contribution >= 4 is 5.78 Å². The van der Waals surface area contributed by atoms with E-state index in [1.54, 1.807) is 0 Å². The molecule has 4 aliphatic carbocycles. The van der Waals surface area contributed by atoms with Crippen molar-refractivity contribution in [1.29, 1.82) is 0 Å².